The van der Waals surface area contributed by atoms with E-state index in [1.54, 1.807) is 12.1 Å². The number of aromatic nitrogens is 2. The summed E-state index contributed by atoms with van der Waals surface area (Å²) in [5, 5.41) is 15.3. The van der Waals surface area contributed by atoms with Crippen molar-refractivity contribution in [3.63, 3.8) is 0 Å². The molecule has 2 aromatic carbocycles. The zero-order chi connectivity index (χ0) is 17.1. The van der Waals surface area contributed by atoms with E-state index in [9.17, 15) is 4.79 Å². The number of aliphatic carboxylic acids is 1. The third kappa shape index (κ3) is 3.70. The number of carbonyl (C=O) groups is 1. The summed E-state index contributed by atoms with van der Waals surface area (Å²) in [6.45, 7) is 0.258. The molecule has 1 aromatic heterocycles. The fourth-order valence-electron chi connectivity index (χ4n) is 2.47. The molecule has 0 atom stereocenters. The van der Waals surface area contributed by atoms with Crippen molar-refractivity contribution in [2.45, 2.75) is 13.2 Å². The molecule has 0 aliphatic rings. The molecule has 0 spiro atoms. The molecule has 24 heavy (non-hydrogen) atoms. The van der Waals surface area contributed by atoms with Crippen molar-refractivity contribution >= 4 is 40.1 Å². The Bertz CT molecular complexity index is 893. The van der Waals surface area contributed by atoms with E-state index >= 15 is 0 Å². The van der Waals surface area contributed by atoms with Gasteiger partial charge in [0, 0.05) is 15.4 Å². The highest BCUT2D eigenvalue weighted by molar-refractivity contribution is 6.35. The van der Waals surface area contributed by atoms with Crippen molar-refractivity contribution in [2.24, 2.45) is 0 Å². The van der Waals surface area contributed by atoms with Crippen LogP contribution in [-0.4, -0.2) is 27.5 Å². The normalized spacial score (nSPS) is 11.1. The van der Waals surface area contributed by atoms with Crippen molar-refractivity contribution in [3.05, 3.63) is 63.8 Å². The summed E-state index contributed by atoms with van der Waals surface area (Å²) in [4.78, 5) is 10.6. The smallest absolute Gasteiger partial charge is 0.329 e. The molecule has 3 rings (SSSR count). The molecular formula is C17H14Cl2N2O3. The zero-order valence-electron chi connectivity index (χ0n) is 12.6. The van der Waals surface area contributed by atoms with Gasteiger partial charge in [-0.1, -0.05) is 47.5 Å². The molecule has 0 bridgehead atoms. The van der Waals surface area contributed by atoms with Gasteiger partial charge in [-0.05, 0) is 23.8 Å². The molecule has 0 saturated carbocycles. The van der Waals surface area contributed by atoms with Gasteiger partial charge in [0.25, 0.3) is 0 Å². The van der Waals surface area contributed by atoms with Gasteiger partial charge in [0.15, 0.2) is 0 Å². The van der Waals surface area contributed by atoms with Crippen LogP contribution in [-0.2, 0) is 22.7 Å². The molecule has 1 N–H and O–H groups in total. The lowest BCUT2D eigenvalue weighted by molar-refractivity contribution is -0.142. The Morgan fingerprint density at radius 1 is 1.21 bits per heavy atom. The molecule has 5 nitrogen and oxygen atoms in total. The van der Waals surface area contributed by atoms with E-state index in [0.29, 0.717) is 22.3 Å². The lowest BCUT2D eigenvalue weighted by Gasteiger charge is -2.06. The summed E-state index contributed by atoms with van der Waals surface area (Å²) >= 11 is 12.2. The van der Waals surface area contributed by atoms with Gasteiger partial charge in [-0.2, -0.15) is 5.10 Å². The summed E-state index contributed by atoms with van der Waals surface area (Å²) < 4.78 is 7.00. The average Bonchev–Trinajstić information content (AvgIpc) is 2.88. The third-order valence-corrected chi connectivity index (χ3v) is 4.12. The van der Waals surface area contributed by atoms with Gasteiger partial charge < -0.3 is 9.84 Å². The predicted octanol–water partition coefficient (Wildman–Crippen LogP) is 3.99. The van der Waals surface area contributed by atoms with E-state index in [-0.39, 0.29) is 13.2 Å². The van der Waals surface area contributed by atoms with Crippen molar-refractivity contribution in [2.75, 3.05) is 6.61 Å². The van der Waals surface area contributed by atoms with E-state index in [4.69, 9.17) is 33.0 Å². The summed E-state index contributed by atoms with van der Waals surface area (Å²) in [6.07, 6.45) is 0. The topological polar surface area (TPSA) is 64.3 Å². The summed E-state index contributed by atoms with van der Waals surface area (Å²) in [5.74, 6) is -1.01. The molecule has 1 heterocycles. The fraction of sp³-hybridized carbons (Fsp3) is 0.176. The molecule has 0 aliphatic carbocycles. The van der Waals surface area contributed by atoms with Crippen molar-refractivity contribution in [3.8, 4) is 0 Å². The molecule has 0 saturated heterocycles. The fourth-order valence-corrected chi connectivity index (χ4v) is 2.94. The number of ether oxygens (including phenoxy) is 1. The second-order valence-corrected chi connectivity index (χ2v) is 6.09. The Morgan fingerprint density at radius 3 is 2.75 bits per heavy atom. The number of benzene rings is 2. The van der Waals surface area contributed by atoms with Crippen LogP contribution in [0.4, 0.5) is 0 Å². The Kier molecular flexibility index (Phi) is 5.04. The Labute approximate surface area is 148 Å². The van der Waals surface area contributed by atoms with Gasteiger partial charge in [0.2, 0.25) is 0 Å². The lowest BCUT2D eigenvalue weighted by atomic mass is 10.2. The maximum absolute atomic E-state index is 10.6. The number of nitrogens with zero attached hydrogens (tertiary/aromatic N) is 2. The molecule has 3 aromatic rings. The number of carboxylic acids is 1. The van der Waals surface area contributed by atoms with Crippen LogP contribution >= 0.6 is 23.2 Å². The minimum Gasteiger partial charge on any atom is -0.480 e. The lowest BCUT2D eigenvalue weighted by Crippen LogP contribution is -2.08. The first-order chi connectivity index (χ1) is 11.5. The van der Waals surface area contributed by atoms with Crippen LogP contribution in [0.3, 0.4) is 0 Å². The molecule has 7 heteroatoms. The van der Waals surface area contributed by atoms with Crippen LogP contribution in [0.25, 0.3) is 10.9 Å². The van der Waals surface area contributed by atoms with Gasteiger partial charge in [0.05, 0.1) is 24.4 Å². The molecule has 0 radical (unpaired) electrons. The first-order valence-electron chi connectivity index (χ1n) is 7.22. The molecule has 0 unspecified atom stereocenters. The van der Waals surface area contributed by atoms with Gasteiger partial charge >= 0.3 is 5.97 Å². The van der Waals surface area contributed by atoms with Crippen LogP contribution in [0.1, 0.15) is 11.3 Å². The van der Waals surface area contributed by atoms with Crippen molar-refractivity contribution in [1.29, 1.82) is 0 Å². The van der Waals surface area contributed by atoms with Crippen LogP contribution in [0.2, 0.25) is 10.0 Å². The first-order valence-corrected chi connectivity index (χ1v) is 7.98. The Balaban J connectivity index is 1.91. The number of halogens is 2. The first kappa shape index (κ1) is 16.8. The van der Waals surface area contributed by atoms with Gasteiger partial charge in [-0.25, -0.2) is 4.79 Å². The predicted molar refractivity (Wildman–Crippen MR) is 92.6 cm³/mol. The van der Waals surface area contributed by atoms with Gasteiger partial charge in [0.1, 0.15) is 6.61 Å². The zero-order valence-corrected chi connectivity index (χ0v) is 14.1. The van der Waals surface area contributed by atoms with E-state index in [1.165, 1.54) is 0 Å². The van der Waals surface area contributed by atoms with Crippen LogP contribution in [0.5, 0.6) is 0 Å². The largest absolute Gasteiger partial charge is 0.480 e. The van der Waals surface area contributed by atoms with Crippen molar-refractivity contribution < 1.29 is 14.6 Å². The second-order valence-electron chi connectivity index (χ2n) is 5.24. The summed E-state index contributed by atoms with van der Waals surface area (Å²) in [7, 11) is 0. The number of carboxylic acid groups (broad SMARTS) is 1. The highest BCUT2D eigenvalue weighted by Crippen LogP contribution is 2.24. The number of para-hydroxylation sites is 1. The average molecular weight is 365 g/mol. The molecular weight excluding hydrogens is 351 g/mol. The highest BCUT2D eigenvalue weighted by atomic mass is 35.5. The maximum Gasteiger partial charge on any atom is 0.329 e. The van der Waals surface area contributed by atoms with Crippen LogP contribution in [0.15, 0.2) is 42.5 Å². The molecule has 0 amide bonds. The molecule has 0 fully saturated rings. The molecule has 124 valence electrons. The van der Waals surface area contributed by atoms with E-state index < -0.39 is 5.97 Å². The second kappa shape index (κ2) is 7.21. The van der Waals surface area contributed by atoms with Crippen LogP contribution in [0, 0.1) is 0 Å². The van der Waals surface area contributed by atoms with E-state index in [2.05, 4.69) is 5.10 Å². The maximum atomic E-state index is 10.6. The highest BCUT2D eigenvalue weighted by Gasteiger charge is 2.12. The van der Waals surface area contributed by atoms with E-state index in [0.717, 1.165) is 16.5 Å². The number of rotatable bonds is 6. The number of hydrogen-bond donors (Lipinski definition) is 1. The monoisotopic (exact) mass is 364 g/mol. The summed E-state index contributed by atoms with van der Waals surface area (Å²) in [5.41, 5.74) is 2.52. The SMILES string of the molecule is O=C(O)COCc1nn(Cc2ccc(Cl)cc2Cl)c2ccccc12. The van der Waals surface area contributed by atoms with E-state index in [1.807, 2.05) is 35.0 Å². The Morgan fingerprint density at radius 2 is 2.00 bits per heavy atom. The number of hydrogen-bond acceptors (Lipinski definition) is 3. The van der Waals surface area contributed by atoms with Crippen molar-refractivity contribution in [1.82, 2.24) is 9.78 Å². The van der Waals surface area contributed by atoms with Gasteiger partial charge in [-0.3, -0.25) is 4.68 Å². The standard InChI is InChI=1S/C17H14Cl2N2O3/c18-12-6-5-11(14(19)7-12)8-21-16-4-2-1-3-13(16)15(20-21)9-24-10-17(22)23/h1-7H,8-10H2,(H,22,23). The van der Waals surface area contributed by atoms with Gasteiger partial charge in [-0.15, -0.1) is 0 Å². The number of fused-ring (bicyclic) bond motifs is 1. The Hall–Kier alpha value is -2.08. The minimum absolute atomic E-state index is 0.133. The minimum atomic E-state index is -1.01. The molecule has 0 aliphatic heterocycles. The quantitative estimate of drug-likeness (QED) is 0.717. The van der Waals surface area contributed by atoms with Crippen LogP contribution < -0.4 is 0 Å². The summed E-state index contributed by atoms with van der Waals surface area (Å²) in [6, 6.07) is 13.1. The third-order valence-electron chi connectivity index (χ3n) is 3.53.